The van der Waals surface area contributed by atoms with Crippen LogP contribution in [0, 0.1) is 5.92 Å². The average Bonchev–Trinajstić information content (AvgIpc) is 2.78. The van der Waals surface area contributed by atoms with Gasteiger partial charge in [-0.1, -0.05) is 97.3 Å². The first-order chi connectivity index (χ1) is 15.0. The van der Waals surface area contributed by atoms with Gasteiger partial charge in [-0.15, -0.1) is 0 Å². The van der Waals surface area contributed by atoms with Crippen LogP contribution in [-0.2, 0) is 4.79 Å². The Hall–Kier alpha value is -0.570. The maximum atomic E-state index is 12.4. The molecule has 2 unspecified atom stereocenters. The van der Waals surface area contributed by atoms with Gasteiger partial charge in [0.1, 0.15) is 0 Å². The van der Waals surface area contributed by atoms with Gasteiger partial charge in [0.15, 0.2) is 0 Å². The number of carbonyl (C=O) groups excluding carboxylic acids is 1. The van der Waals surface area contributed by atoms with Crippen LogP contribution < -0.4 is 0 Å². The molecule has 184 valence electrons. The lowest BCUT2D eigenvalue weighted by Gasteiger charge is -2.37. The highest BCUT2D eigenvalue weighted by Gasteiger charge is 2.27. The lowest BCUT2D eigenvalue weighted by Crippen LogP contribution is -2.51. The van der Waals surface area contributed by atoms with Crippen molar-refractivity contribution < 1.29 is 9.28 Å². The van der Waals surface area contributed by atoms with Crippen molar-refractivity contribution in [3.8, 4) is 0 Å². The smallest absolute Gasteiger partial charge is 0.223 e. The Morgan fingerprint density at radius 3 is 1.74 bits per heavy atom. The van der Waals surface area contributed by atoms with Crippen LogP contribution in [0.5, 0.6) is 0 Å². The molecule has 0 N–H and O–H groups in total. The lowest BCUT2D eigenvalue weighted by molar-refractivity contribution is -0.907. The van der Waals surface area contributed by atoms with E-state index in [1.54, 1.807) is 0 Å². The van der Waals surface area contributed by atoms with E-state index < -0.39 is 0 Å². The molecule has 2 atom stereocenters. The average molecular weight is 438 g/mol. The molecule has 1 rings (SSSR count). The van der Waals surface area contributed by atoms with Gasteiger partial charge in [0.05, 0.1) is 33.2 Å². The quantitative estimate of drug-likeness (QED) is 0.142. The molecule has 1 heterocycles. The summed E-state index contributed by atoms with van der Waals surface area (Å²) in [5.41, 5.74) is 0. The zero-order valence-corrected chi connectivity index (χ0v) is 21.9. The third-order valence-electron chi connectivity index (χ3n) is 7.93. The molecule has 0 bridgehead atoms. The number of unbranched alkanes of at least 4 members (excludes halogenated alkanes) is 13. The number of amides is 1. The minimum atomic E-state index is 0.400. The first kappa shape index (κ1) is 28.5. The fraction of sp³-hybridized carbons (Fsp3) is 0.964. The van der Waals surface area contributed by atoms with E-state index in [0.29, 0.717) is 11.8 Å². The van der Waals surface area contributed by atoms with Crippen LogP contribution in [0.2, 0.25) is 0 Å². The molecule has 0 saturated carbocycles. The van der Waals surface area contributed by atoms with Gasteiger partial charge in [-0.3, -0.25) is 4.79 Å². The molecule has 1 aliphatic rings. The van der Waals surface area contributed by atoms with Gasteiger partial charge in [-0.05, 0) is 32.1 Å². The molecular weight excluding hydrogens is 380 g/mol. The Labute approximate surface area is 195 Å². The maximum Gasteiger partial charge on any atom is 0.223 e. The second-order valence-corrected chi connectivity index (χ2v) is 10.6. The Balaban J connectivity index is 2.00. The highest BCUT2D eigenvalue weighted by molar-refractivity contribution is 5.77. The minimum Gasteiger partial charge on any atom is -0.337 e. The first-order valence-electron chi connectivity index (χ1n) is 14.2. The summed E-state index contributed by atoms with van der Waals surface area (Å²) in [6, 6.07) is 0. The second-order valence-electron chi connectivity index (χ2n) is 10.6. The Morgan fingerprint density at radius 1 is 0.774 bits per heavy atom. The van der Waals surface area contributed by atoms with Crippen LogP contribution in [-0.4, -0.2) is 55.1 Å². The van der Waals surface area contributed by atoms with E-state index in [2.05, 4.69) is 32.7 Å². The molecule has 3 nitrogen and oxygen atoms in total. The molecule has 1 fully saturated rings. The van der Waals surface area contributed by atoms with Gasteiger partial charge in [0.2, 0.25) is 5.91 Å². The number of hydrogen-bond donors (Lipinski definition) is 0. The maximum absolute atomic E-state index is 12.4. The fourth-order valence-corrected chi connectivity index (χ4v) is 5.00. The molecule has 0 aromatic rings. The van der Waals surface area contributed by atoms with E-state index in [-0.39, 0.29) is 0 Å². The largest absolute Gasteiger partial charge is 0.337 e. The summed E-state index contributed by atoms with van der Waals surface area (Å²) < 4.78 is 1.12. The molecule has 1 saturated heterocycles. The number of likely N-dealkylation sites (N-methyl/N-ethyl adjacent to an activating group) is 1. The van der Waals surface area contributed by atoms with E-state index in [0.717, 1.165) is 37.0 Å². The van der Waals surface area contributed by atoms with Crippen molar-refractivity contribution >= 4 is 5.91 Å². The van der Waals surface area contributed by atoms with E-state index in [1.165, 1.54) is 109 Å². The molecule has 0 aromatic heterocycles. The summed E-state index contributed by atoms with van der Waals surface area (Å²) in [5.74, 6) is 1.03. The van der Waals surface area contributed by atoms with Gasteiger partial charge >= 0.3 is 0 Å². The van der Waals surface area contributed by atoms with E-state index in [4.69, 9.17) is 0 Å². The Bertz CT molecular complexity index is 439. The summed E-state index contributed by atoms with van der Waals surface area (Å²) in [6.07, 6.45) is 23.1. The van der Waals surface area contributed by atoms with Crippen LogP contribution in [0.15, 0.2) is 0 Å². The summed E-state index contributed by atoms with van der Waals surface area (Å²) in [5, 5.41) is 0. The number of quaternary nitrogens is 1. The molecule has 1 amide bonds. The number of piperidine rings is 1. The molecule has 0 spiro atoms. The van der Waals surface area contributed by atoms with Crippen molar-refractivity contribution in [1.82, 2.24) is 4.90 Å². The minimum absolute atomic E-state index is 0.400. The van der Waals surface area contributed by atoms with Crippen LogP contribution in [0.1, 0.15) is 130 Å². The lowest BCUT2D eigenvalue weighted by atomic mass is 9.94. The molecule has 3 heteroatoms. The van der Waals surface area contributed by atoms with Crippen LogP contribution >= 0.6 is 0 Å². The SMILES string of the molecule is CCCCCCCCCCCCCCCC[N+](C)(CC)CCN1CCC(CC)CC1=O. The summed E-state index contributed by atoms with van der Waals surface area (Å²) >= 11 is 0. The highest BCUT2D eigenvalue weighted by Crippen LogP contribution is 2.21. The fourth-order valence-electron chi connectivity index (χ4n) is 5.00. The molecule has 0 radical (unpaired) electrons. The Morgan fingerprint density at radius 2 is 1.29 bits per heavy atom. The first-order valence-corrected chi connectivity index (χ1v) is 14.2. The normalized spacial score (nSPS) is 19.0. The van der Waals surface area contributed by atoms with Crippen molar-refractivity contribution in [1.29, 1.82) is 0 Å². The van der Waals surface area contributed by atoms with E-state index in [1.807, 2.05) is 0 Å². The van der Waals surface area contributed by atoms with Crippen molar-refractivity contribution in [2.24, 2.45) is 5.92 Å². The van der Waals surface area contributed by atoms with Gasteiger partial charge in [-0.2, -0.15) is 0 Å². The van der Waals surface area contributed by atoms with Gasteiger partial charge < -0.3 is 9.38 Å². The molecule has 31 heavy (non-hydrogen) atoms. The number of nitrogens with zero attached hydrogens (tertiary/aromatic N) is 2. The van der Waals surface area contributed by atoms with Crippen molar-refractivity contribution in [2.45, 2.75) is 130 Å². The molecule has 0 aliphatic carbocycles. The zero-order valence-electron chi connectivity index (χ0n) is 21.9. The third kappa shape index (κ3) is 13.5. The van der Waals surface area contributed by atoms with Gasteiger partial charge in [0.25, 0.3) is 0 Å². The Kier molecular flexibility index (Phi) is 16.5. The van der Waals surface area contributed by atoms with Gasteiger partial charge in [0, 0.05) is 13.0 Å². The van der Waals surface area contributed by atoms with Crippen LogP contribution in [0.25, 0.3) is 0 Å². The van der Waals surface area contributed by atoms with Crippen molar-refractivity contribution in [3.05, 3.63) is 0 Å². The van der Waals surface area contributed by atoms with Crippen molar-refractivity contribution in [3.63, 3.8) is 0 Å². The molecular formula is C28H57N2O+. The molecule has 0 aromatic carbocycles. The monoisotopic (exact) mass is 437 g/mol. The second kappa shape index (κ2) is 17.9. The predicted octanol–water partition coefficient (Wildman–Crippen LogP) is 7.58. The van der Waals surface area contributed by atoms with Crippen molar-refractivity contribution in [2.75, 3.05) is 39.8 Å². The van der Waals surface area contributed by atoms with Gasteiger partial charge in [-0.25, -0.2) is 0 Å². The van der Waals surface area contributed by atoms with E-state index >= 15 is 0 Å². The summed E-state index contributed by atoms with van der Waals surface area (Å²) in [4.78, 5) is 14.5. The predicted molar refractivity (Wildman–Crippen MR) is 136 cm³/mol. The van der Waals surface area contributed by atoms with Crippen LogP contribution in [0.3, 0.4) is 0 Å². The highest BCUT2D eigenvalue weighted by atomic mass is 16.2. The summed E-state index contributed by atoms with van der Waals surface area (Å²) in [7, 11) is 2.39. The number of rotatable bonds is 20. The number of likely N-dealkylation sites (tertiary alicyclic amines) is 1. The number of hydrogen-bond acceptors (Lipinski definition) is 1. The zero-order chi connectivity index (χ0) is 22.8. The standard InChI is InChI=1S/C28H57N2O/c1-5-8-9-10-11-12-13-14-15-16-17-18-19-20-24-30(4,7-3)25-23-29-22-21-27(6-2)26-28(29)31/h27H,5-26H2,1-4H3/q+1. The van der Waals surface area contributed by atoms with E-state index in [9.17, 15) is 4.79 Å². The van der Waals surface area contributed by atoms with Crippen LogP contribution in [0.4, 0.5) is 0 Å². The number of carbonyl (C=O) groups is 1. The molecule has 1 aliphatic heterocycles. The summed E-state index contributed by atoms with van der Waals surface area (Å²) in [6.45, 7) is 12.3. The third-order valence-corrected chi connectivity index (χ3v) is 7.93. The topological polar surface area (TPSA) is 20.3 Å².